The molecular formula is C11H9ClO2S. The lowest BCUT2D eigenvalue weighted by Crippen LogP contribution is -2.02. The van der Waals surface area contributed by atoms with Crippen molar-refractivity contribution in [2.24, 2.45) is 0 Å². The summed E-state index contributed by atoms with van der Waals surface area (Å²) in [6.45, 7) is 1.79. The summed E-state index contributed by atoms with van der Waals surface area (Å²) in [6.07, 6.45) is 1.92. The number of aryl methyl sites for hydroxylation is 1. The molecular weight excluding hydrogens is 232 g/mol. The Kier molecular flexibility index (Phi) is 2.93. The average molecular weight is 241 g/mol. The molecule has 2 nitrogen and oxygen atoms in total. The third kappa shape index (κ3) is 2.30. The minimum atomic E-state index is 0.0692. The van der Waals surface area contributed by atoms with Crippen LogP contribution in [0.3, 0.4) is 0 Å². The van der Waals surface area contributed by atoms with Gasteiger partial charge in [-0.1, -0.05) is 11.6 Å². The van der Waals surface area contributed by atoms with Crippen LogP contribution in [0.2, 0.25) is 4.34 Å². The normalized spacial score (nSPS) is 10.5. The van der Waals surface area contributed by atoms with Gasteiger partial charge >= 0.3 is 0 Å². The third-order valence-corrected chi connectivity index (χ3v) is 3.35. The van der Waals surface area contributed by atoms with Crippen LogP contribution in [0.4, 0.5) is 0 Å². The monoisotopic (exact) mass is 240 g/mol. The molecule has 78 valence electrons. The molecule has 4 heteroatoms. The minimum absolute atomic E-state index is 0.0692. The zero-order valence-electron chi connectivity index (χ0n) is 8.12. The fraction of sp³-hybridized carbons (Fsp3) is 0.182. The minimum Gasteiger partial charge on any atom is -0.469 e. The molecule has 0 spiro atoms. The Bertz CT molecular complexity index is 484. The van der Waals surface area contributed by atoms with E-state index in [1.54, 1.807) is 19.1 Å². The molecule has 0 N–H and O–H groups in total. The number of rotatable bonds is 3. The molecule has 0 atom stereocenters. The number of thiophene rings is 1. The van der Waals surface area contributed by atoms with Crippen molar-refractivity contribution in [1.29, 1.82) is 0 Å². The Balaban J connectivity index is 2.14. The summed E-state index contributed by atoms with van der Waals surface area (Å²) in [7, 11) is 0. The molecule has 0 bridgehead atoms. The lowest BCUT2D eigenvalue weighted by Gasteiger charge is -1.96. The molecule has 2 aromatic rings. The number of Topliss-reactive ketones (excluding diaryl/α,β-unsaturated/α-hetero) is 1. The van der Waals surface area contributed by atoms with Gasteiger partial charge in [-0.05, 0) is 25.1 Å². The molecule has 0 aliphatic heterocycles. The summed E-state index contributed by atoms with van der Waals surface area (Å²) in [5, 5.41) is 0. The number of ketones is 1. The van der Waals surface area contributed by atoms with Gasteiger partial charge in [-0.3, -0.25) is 4.79 Å². The van der Waals surface area contributed by atoms with Crippen molar-refractivity contribution in [3.63, 3.8) is 0 Å². The van der Waals surface area contributed by atoms with E-state index in [0.717, 1.165) is 4.88 Å². The first-order valence-corrected chi connectivity index (χ1v) is 5.68. The van der Waals surface area contributed by atoms with Crippen LogP contribution in [0.1, 0.15) is 21.0 Å². The Morgan fingerprint density at radius 2 is 2.27 bits per heavy atom. The van der Waals surface area contributed by atoms with Crippen molar-refractivity contribution >= 4 is 28.7 Å². The van der Waals surface area contributed by atoms with Crippen molar-refractivity contribution < 1.29 is 9.21 Å². The lowest BCUT2D eigenvalue weighted by molar-refractivity contribution is 0.0992. The summed E-state index contributed by atoms with van der Waals surface area (Å²) in [4.78, 5) is 12.8. The second kappa shape index (κ2) is 4.21. The van der Waals surface area contributed by atoms with Gasteiger partial charge in [-0.15, -0.1) is 11.3 Å². The first kappa shape index (κ1) is 10.5. The number of halogens is 1. The molecule has 15 heavy (non-hydrogen) atoms. The van der Waals surface area contributed by atoms with Crippen molar-refractivity contribution in [1.82, 2.24) is 0 Å². The van der Waals surface area contributed by atoms with Gasteiger partial charge in [0, 0.05) is 11.3 Å². The van der Waals surface area contributed by atoms with Gasteiger partial charge < -0.3 is 4.42 Å². The van der Waals surface area contributed by atoms with Gasteiger partial charge in [-0.25, -0.2) is 0 Å². The lowest BCUT2D eigenvalue weighted by atomic mass is 10.1. The van der Waals surface area contributed by atoms with Gasteiger partial charge in [-0.2, -0.15) is 0 Å². The highest BCUT2D eigenvalue weighted by Gasteiger charge is 2.12. The molecule has 2 heterocycles. The van der Waals surface area contributed by atoms with Gasteiger partial charge in [0.15, 0.2) is 5.78 Å². The Morgan fingerprint density at radius 3 is 2.80 bits per heavy atom. The van der Waals surface area contributed by atoms with Crippen molar-refractivity contribution in [2.75, 3.05) is 0 Å². The van der Waals surface area contributed by atoms with E-state index in [-0.39, 0.29) is 5.78 Å². The highest BCUT2D eigenvalue weighted by atomic mass is 35.5. The number of carbonyl (C=O) groups is 1. The van der Waals surface area contributed by atoms with Crippen LogP contribution in [0, 0.1) is 6.92 Å². The summed E-state index contributed by atoms with van der Waals surface area (Å²) >= 11 is 7.22. The summed E-state index contributed by atoms with van der Waals surface area (Å²) < 4.78 is 5.79. The SMILES string of the molecule is Cc1occc1C(=O)Cc1ccc(Cl)s1. The van der Waals surface area contributed by atoms with Gasteiger partial charge in [0.1, 0.15) is 5.76 Å². The molecule has 2 rings (SSSR count). The molecule has 0 fully saturated rings. The van der Waals surface area contributed by atoms with Crippen LogP contribution < -0.4 is 0 Å². The average Bonchev–Trinajstić information content (AvgIpc) is 2.75. The maximum atomic E-state index is 11.8. The predicted molar refractivity (Wildman–Crippen MR) is 60.8 cm³/mol. The topological polar surface area (TPSA) is 30.2 Å². The quantitative estimate of drug-likeness (QED) is 0.766. The summed E-state index contributed by atoms with van der Waals surface area (Å²) in [5.74, 6) is 0.738. The van der Waals surface area contributed by atoms with E-state index in [0.29, 0.717) is 22.1 Å². The first-order chi connectivity index (χ1) is 7.16. The molecule has 0 aliphatic carbocycles. The molecule has 0 aliphatic rings. The van der Waals surface area contributed by atoms with E-state index in [1.165, 1.54) is 17.6 Å². The van der Waals surface area contributed by atoms with Crippen LogP contribution in [0.25, 0.3) is 0 Å². The first-order valence-electron chi connectivity index (χ1n) is 4.48. The third-order valence-electron chi connectivity index (χ3n) is 2.12. The van der Waals surface area contributed by atoms with Gasteiger partial charge in [0.25, 0.3) is 0 Å². The van der Waals surface area contributed by atoms with E-state index in [4.69, 9.17) is 16.0 Å². The predicted octanol–water partition coefficient (Wildman–Crippen LogP) is 3.73. The maximum Gasteiger partial charge on any atom is 0.171 e. The van der Waals surface area contributed by atoms with E-state index in [2.05, 4.69) is 0 Å². The maximum absolute atomic E-state index is 11.8. The Labute approximate surface area is 96.5 Å². The highest BCUT2D eigenvalue weighted by Crippen LogP contribution is 2.23. The molecule has 2 aromatic heterocycles. The molecule has 0 unspecified atom stereocenters. The zero-order valence-corrected chi connectivity index (χ0v) is 9.69. The van der Waals surface area contributed by atoms with Crippen molar-refractivity contribution in [2.45, 2.75) is 13.3 Å². The molecule has 0 radical (unpaired) electrons. The van der Waals surface area contributed by atoms with E-state index < -0.39 is 0 Å². The number of hydrogen-bond acceptors (Lipinski definition) is 3. The fourth-order valence-corrected chi connectivity index (χ4v) is 2.46. The number of furan rings is 1. The summed E-state index contributed by atoms with van der Waals surface area (Å²) in [5.41, 5.74) is 0.652. The standard InChI is InChI=1S/C11H9ClO2S/c1-7-9(4-5-14-7)10(13)6-8-2-3-11(12)15-8/h2-5H,6H2,1H3. The molecule has 0 saturated heterocycles. The second-order valence-electron chi connectivity index (χ2n) is 3.20. The van der Waals surface area contributed by atoms with Crippen LogP contribution in [-0.2, 0) is 6.42 Å². The van der Waals surface area contributed by atoms with E-state index >= 15 is 0 Å². The number of hydrogen-bond donors (Lipinski definition) is 0. The number of carbonyl (C=O) groups excluding carboxylic acids is 1. The molecule has 0 saturated carbocycles. The van der Waals surface area contributed by atoms with Crippen molar-refractivity contribution in [3.8, 4) is 0 Å². The van der Waals surface area contributed by atoms with Gasteiger partial charge in [0.2, 0.25) is 0 Å². The Hall–Kier alpha value is -1.06. The Morgan fingerprint density at radius 1 is 1.47 bits per heavy atom. The van der Waals surface area contributed by atoms with Crippen LogP contribution >= 0.6 is 22.9 Å². The van der Waals surface area contributed by atoms with Crippen LogP contribution in [-0.4, -0.2) is 5.78 Å². The zero-order chi connectivity index (χ0) is 10.8. The molecule has 0 aromatic carbocycles. The largest absolute Gasteiger partial charge is 0.469 e. The van der Waals surface area contributed by atoms with Gasteiger partial charge in [0.05, 0.1) is 16.2 Å². The van der Waals surface area contributed by atoms with E-state index in [9.17, 15) is 4.79 Å². The second-order valence-corrected chi connectivity index (χ2v) is 5.00. The smallest absolute Gasteiger partial charge is 0.171 e. The van der Waals surface area contributed by atoms with Crippen LogP contribution in [0.15, 0.2) is 28.9 Å². The molecule has 0 amide bonds. The van der Waals surface area contributed by atoms with Crippen molar-refractivity contribution in [3.05, 3.63) is 45.0 Å². The highest BCUT2D eigenvalue weighted by molar-refractivity contribution is 7.16. The van der Waals surface area contributed by atoms with E-state index in [1.807, 2.05) is 6.07 Å². The summed E-state index contributed by atoms with van der Waals surface area (Å²) in [6, 6.07) is 5.38. The fourth-order valence-electron chi connectivity index (χ4n) is 1.37. The van der Waals surface area contributed by atoms with Crippen LogP contribution in [0.5, 0.6) is 0 Å².